The first-order chi connectivity index (χ1) is 8.25. The van der Waals surface area contributed by atoms with Gasteiger partial charge in [-0.25, -0.2) is 4.68 Å². The van der Waals surface area contributed by atoms with Crippen LogP contribution in [0.2, 0.25) is 0 Å². The number of rotatable bonds is 5. The summed E-state index contributed by atoms with van der Waals surface area (Å²) < 4.78 is 6.41. The van der Waals surface area contributed by atoms with E-state index in [0.717, 1.165) is 17.7 Å². The summed E-state index contributed by atoms with van der Waals surface area (Å²) in [4.78, 5) is 11.5. The lowest BCUT2D eigenvalue weighted by atomic mass is 10.3. The fourth-order valence-electron chi connectivity index (χ4n) is 1.50. The molecule has 1 N–H and O–H groups in total. The summed E-state index contributed by atoms with van der Waals surface area (Å²) in [5.74, 6) is 0. The standard InChI is InChI=1S/C12H15N3O2/c1-10-6-12(16)15(14-7-10)4-3-13-8-11-2-5-17-9-11/h2,5-7,9,13H,3-4,8H2,1H3. The average Bonchev–Trinajstić information content (AvgIpc) is 2.79. The van der Waals surface area contributed by atoms with E-state index in [1.165, 1.54) is 4.68 Å². The predicted molar refractivity (Wildman–Crippen MR) is 63.6 cm³/mol. The molecule has 0 saturated carbocycles. The fourth-order valence-corrected chi connectivity index (χ4v) is 1.50. The van der Waals surface area contributed by atoms with E-state index in [0.29, 0.717) is 13.1 Å². The van der Waals surface area contributed by atoms with Crippen LogP contribution in [0.25, 0.3) is 0 Å². The predicted octanol–water partition coefficient (Wildman–Crippen LogP) is 0.935. The minimum atomic E-state index is -0.0601. The Morgan fingerprint density at radius 2 is 2.41 bits per heavy atom. The van der Waals surface area contributed by atoms with Crippen molar-refractivity contribution in [1.82, 2.24) is 15.1 Å². The number of nitrogens with zero attached hydrogens (tertiary/aromatic N) is 2. The van der Waals surface area contributed by atoms with Crippen LogP contribution < -0.4 is 10.9 Å². The summed E-state index contributed by atoms with van der Waals surface area (Å²) in [6.45, 7) is 3.85. The summed E-state index contributed by atoms with van der Waals surface area (Å²) in [5.41, 5.74) is 1.92. The van der Waals surface area contributed by atoms with Crippen LogP contribution in [-0.4, -0.2) is 16.3 Å². The molecule has 0 spiro atoms. The van der Waals surface area contributed by atoms with E-state index in [4.69, 9.17) is 4.42 Å². The zero-order valence-corrected chi connectivity index (χ0v) is 9.72. The molecule has 90 valence electrons. The van der Waals surface area contributed by atoms with Gasteiger partial charge in [0.05, 0.1) is 25.3 Å². The van der Waals surface area contributed by atoms with Crippen LogP contribution in [0.1, 0.15) is 11.1 Å². The van der Waals surface area contributed by atoms with Gasteiger partial charge in [-0.15, -0.1) is 0 Å². The number of aryl methyl sites for hydroxylation is 1. The van der Waals surface area contributed by atoms with Crippen molar-refractivity contribution < 1.29 is 4.42 Å². The molecule has 0 aliphatic heterocycles. The monoisotopic (exact) mass is 233 g/mol. The first-order valence-corrected chi connectivity index (χ1v) is 5.51. The van der Waals surface area contributed by atoms with Crippen LogP contribution in [-0.2, 0) is 13.1 Å². The van der Waals surface area contributed by atoms with Crippen molar-refractivity contribution >= 4 is 0 Å². The third-order valence-electron chi connectivity index (χ3n) is 2.42. The molecule has 2 heterocycles. The molecule has 0 aliphatic carbocycles. The Labute approximate surface area is 99.1 Å². The molecule has 0 unspecified atom stereocenters. The number of hydrogen-bond donors (Lipinski definition) is 1. The van der Waals surface area contributed by atoms with E-state index in [9.17, 15) is 4.79 Å². The molecule has 2 aromatic heterocycles. The molecule has 0 amide bonds. The SMILES string of the molecule is Cc1cnn(CCNCc2ccoc2)c(=O)c1. The zero-order chi connectivity index (χ0) is 12.1. The maximum atomic E-state index is 11.5. The second-order valence-corrected chi connectivity index (χ2v) is 3.90. The normalized spacial score (nSPS) is 10.6. The minimum Gasteiger partial charge on any atom is -0.472 e. The third-order valence-corrected chi connectivity index (χ3v) is 2.42. The molecule has 5 nitrogen and oxygen atoms in total. The summed E-state index contributed by atoms with van der Waals surface area (Å²) in [6, 6.07) is 3.49. The lowest BCUT2D eigenvalue weighted by Crippen LogP contribution is -2.28. The summed E-state index contributed by atoms with van der Waals surface area (Å²) in [6.07, 6.45) is 5.03. The number of furan rings is 1. The Hall–Kier alpha value is -1.88. The third kappa shape index (κ3) is 3.29. The summed E-state index contributed by atoms with van der Waals surface area (Å²) in [7, 11) is 0. The van der Waals surface area contributed by atoms with Crippen molar-refractivity contribution in [3.05, 3.63) is 52.3 Å². The molecule has 0 bridgehead atoms. The first-order valence-electron chi connectivity index (χ1n) is 5.51. The highest BCUT2D eigenvalue weighted by Crippen LogP contribution is 1.97. The molecule has 0 atom stereocenters. The van der Waals surface area contributed by atoms with Crippen molar-refractivity contribution in [2.24, 2.45) is 0 Å². The highest BCUT2D eigenvalue weighted by molar-refractivity contribution is 5.04. The second-order valence-electron chi connectivity index (χ2n) is 3.90. The van der Waals surface area contributed by atoms with Gasteiger partial charge in [-0.2, -0.15) is 5.10 Å². The number of hydrogen-bond acceptors (Lipinski definition) is 4. The van der Waals surface area contributed by atoms with E-state index in [-0.39, 0.29) is 5.56 Å². The van der Waals surface area contributed by atoms with Gasteiger partial charge in [-0.3, -0.25) is 4.79 Å². The van der Waals surface area contributed by atoms with Gasteiger partial charge in [0.25, 0.3) is 5.56 Å². The van der Waals surface area contributed by atoms with Crippen molar-refractivity contribution in [3.63, 3.8) is 0 Å². The van der Waals surface area contributed by atoms with Crippen molar-refractivity contribution in [2.75, 3.05) is 6.54 Å². The molecular weight excluding hydrogens is 218 g/mol. The van der Waals surface area contributed by atoms with Crippen LogP contribution in [0.15, 0.2) is 40.1 Å². The molecule has 0 aromatic carbocycles. The van der Waals surface area contributed by atoms with Gasteiger partial charge in [0.15, 0.2) is 0 Å². The lowest BCUT2D eigenvalue weighted by Gasteiger charge is -2.05. The Morgan fingerprint density at radius 1 is 1.53 bits per heavy atom. The molecular formula is C12H15N3O2. The number of aromatic nitrogens is 2. The van der Waals surface area contributed by atoms with Gasteiger partial charge in [-0.05, 0) is 18.6 Å². The van der Waals surface area contributed by atoms with Crippen LogP contribution in [0.5, 0.6) is 0 Å². The maximum Gasteiger partial charge on any atom is 0.267 e. The van der Waals surface area contributed by atoms with Gasteiger partial charge >= 0.3 is 0 Å². The zero-order valence-electron chi connectivity index (χ0n) is 9.72. The maximum absolute atomic E-state index is 11.5. The molecule has 17 heavy (non-hydrogen) atoms. The van der Waals surface area contributed by atoms with E-state index in [1.807, 2.05) is 13.0 Å². The highest BCUT2D eigenvalue weighted by Gasteiger charge is 1.98. The van der Waals surface area contributed by atoms with E-state index in [2.05, 4.69) is 10.4 Å². The minimum absolute atomic E-state index is 0.0601. The Bertz CT molecular complexity index is 517. The van der Waals surface area contributed by atoms with E-state index < -0.39 is 0 Å². The highest BCUT2D eigenvalue weighted by atomic mass is 16.3. The van der Waals surface area contributed by atoms with E-state index in [1.54, 1.807) is 24.8 Å². The van der Waals surface area contributed by atoms with E-state index >= 15 is 0 Å². The quantitative estimate of drug-likeness (QED) is 0.781. The molecule has 2 aromatic rings. The van der Waals surface area contributed by atoms with Gasteiger partial charge in [0.1, 0.15) is 0 Å². The summed E-state index contributed by atoms with van der Waals surface area (Å²) in [5, 5.41) is 7.28. The van der Waals surface area contributed by atoms with Gasteiger partial charge in [-0.1, -0.05) is 0 Å². The average molecular weight is 233 g/mol. The number of nitrogens with one attached hydrogen (secondary N) is 1. The molecule has 5 heteroatoms. The van der Waals surface area contributed by atoms with Crippen LogP contribution in [0.3, 0.4) is 0 Å². The van der Waals surface area contributed by atoms with Crippen molar-refractivity contribution in [2.45, 2.75) is 20.0 Å². The van der Waals surface area contributed by atoms with Crippen molar-refractivity contribution in [3.8, 4) is 0 Å². The molecule has 2 rings (SSSR count). The fraction of sp³-hybridized carbons (Fsp3) is 0.333. The second kappa shape index (κ2) is 5.45. The van der Waals surface area contributed by atoms with Crippen LogP contribution in [0.4, 0.5) is 0 Å². The smallest absolute Gasteiger partial charge is 0.267 e. The van der Waals surface area contributed by atoms with Crippen LogP contribution in [0, 0.1) is 6.92 Å². The Balaban J connectivity index is 1.80. The topological polar surface area (TPSA) is 60.1 Å². The molecule has 0 radical (unpaired) electrons. The summed E-state index contributed by atoms with van der Waals surface area (Å²) >= 11 is 0. The Kier molecular flexibility index (Phi) is 3.72. The largest absolute Gasteiger partial charge is 0.472 e. The molecule has 0 aliphatic rings. The first kappa shape index (κ1) is 11.6. The van der Waals surface area contributed by atoms with Gasteiger partial charge in [0.2, 0.25) is 0 Å². The Morgan fingerprint density at radius 3 is 3.12 bits per heavy atom. The molecule has 0 fully saturated rings. The lowest BCUT2D eigenvalue weighted by molar-refractivity contribution is 0.525. The van der Waals surface area contributed by atoms with Gasteiger partial charge in [0, 0.05) is 24.7 Å². The van der Waals surface area contributed by atoms with Gasteiger partial charge < -0.3 is 9.73 Å². The van der Waals surface area contributed by atoms with Crippen molar-refractivity contribution in [1.29, 1.82) is 0 Å². The molecule has 0 saturated heterocycles. The van der Waals surface area contributed by atoms with Crippen LogP contribution >= 0.6 is 0 Å².